The summed E-state index contributed by atoms with van der Waals surface area (Å²) in [4.78, 5) is 26.9. The van der Waals surface area contributed by atoms with E-state index in [0.717, 1.165) is 35.4 Å². The van der Waals surface area contributed by atoms with E-state index in [1.165, 1.54) is 12.1 Å². The smallest absolute Gasteiger partial charge is 0.269 e. The van der Waals surface area contributed by atoms with Gasteiger partial charge in [0.05, 0.1) is 16.8 Å². The Labute approximate surface area is 193 Å². The molecule has 1 fully saturated rings. The fraction of sp³-hybridized carbons (Fsp3) is 0.273. The summed E-state index contributed by atoms with van der Waals surface area (Å²) in [5.74, 6) is 0.656. The van der Waals surface area contributed by atoms with Crippen molar-refractivity contribution in [3.63, 3.8) is 0 Å². The first-order valence-electron chi connectivity index (χ1n) is 10.1. The average Bonchev–Trinajstić information content (AvgIpc) is 3.27. The number of aromatic nitrogens is 2. The molecule has 0 atom stereocenters. The van der Waals surface area contributed by atoms with Gasteiger partial charge in [0.25, 0.3) is 11.6 Å². The van der Waals surface area contributed by atoms with E-state index in [2.05, 4.69) is 25.9 Å². The number of benzene rings is 2. The summed E-state index contributed by atoms with van der Waals surface area (Å²) >= 11 is 3.37. The van der Waals surface area contributed by atoms with Gasteiger partial charge in [-0.25, -0.2) is 4.68 Å². The number of carbonyl (C=O) groups is 1. The normalized spacial score (nSPS) is 14.3. The van der Waals surface area contributed by atoms with Gasteiger partial charge in [-0.05, 0) is 36.4 Å². The van der Waals surface area contributed by atoms with Crippen LogP contribution in [0.15, 0.2) is 65.4 Å². The molecule has 0 bridgehead atoms. The molecule has 1 aliphatic heterocycles. The highest BCUT2D eigenvalue weighted by atomic mass is 79.9. The highest BCUT2D eigenvalue weighted by Crippen LogP contribution is 2.17. The second-order valence-corrected chi connectivity index (χ2v) is 8.38. The Morgan fingerprint density at radius 1 is 1.06 bits per heavy atom. The zero-order chi connectivity index (χ0) is 22.5. The fourth-order valence-corrected chi connectivity index (χ4v) is 3.76. The van der Waals surface area contributed by atoms with Gasteiger partial charge in [0, 0.05) is 61.1 Å². The van der Waals surface area contributed by atoms with Crippen molar-refractivity contribution in [1.82, 2.24) is 19.6 Å². The van der Waals surface area contributed by atoms with Gasteiger partial charge in [-0.15, -0.1) is 0 Å². The van der Waals surface area contributed by atoms with E-state index >= 15 is 0 Å². The number of amides is 1. The molecule has 32 heavy (non-hydrogen) atoms. The highest BCUT2D eigenvalue weighted by Gasteiger charge is 2.22. The third-order valence-corrected chi connectivity index (χ3v) is 5.80. The maximum Gasteiger partial charge on any atom is 0.269 e. The van der Waals surface area contributed by atoms with Crippen molar-refractivity contribution in [2.45, 2.75) is 6.54 Å². The largest absolute Gasteiger partial charge is 0.484 e. The predicted molar refractivity (Wildman–Crippen MR) is 122 cm³/mol. The van der Waals surface area contributed by atoms with Gasteiger partial charge in [0.15, 0.2) is 6.61 Å². The average molecular weight is 500 g/mol. The number of non-ortho nitro benzene ring substituents is 1. The molecule has 1 amide bonds. The van der Waals surface area contributed by atoms with Gasteiger partial charge in [-0.1, -0.05) is 15.9 Å². The van der Waals surface area contributed by atoms with Crippen LogP contribution in [-0.4, -0.2) is 63.2 Å². The summed E-state index contributed by atoms with van der Waals surface area (Å²) in [6, 6.07) is 13.7. The van der Waals surface area contributed by atoms with Crippen LogP contribution in [0.1, 0.15) is 5.56 Å². The second kappa shape index (κ2) is 9.92. The third kappa shape index (κ3) is 5.51. The molecule has 4 rings (SSSR count). The van der Waals surface area contributed by atoms with Crippen molar-refractivity contribution in [2.24, 2.45) is 0 Å². The first kappa shape index (κ1) is 22.0. The molecular formula is C22H22BrN5O4. The van der Waals surface area contributed by atoms with E-state index in [0.29, 0.717) is 18.8 Å². The summed E-state index contributed by atoms with van der Waals surface area (Å²) in [5.41, 5.74) is 1.86. The summed E-state index contributed by atoms with van der Waals surface area (Å²) in [6.07, 6.45) is 3.72. The summed E-state index contributed by atoms with van der Waals surface area (Å²) < 4.78 is 8.26. The minimum absolute atomic E-state index is 0.0152. The van der Waals surface area contributed by atoms with Gasteiger partial charge in [-0.3, -0.25) is 19.8 Å². The Morgan fingerprint density at radius 2 is 1.75 bits per heavy atom. The van der Waals surface area contributed by atoms with Crippen LogP contribution in [0.2, 0.25) is 0 Å². The van der Waals surface area contributed by atoms with Crippen molar-refractivity contribution < 1.29 is 14.5 Å². The van der Waals surface area contributed by atoms with E-state index in [1.54, 1.807) is 23.0 Å². The van der Waals surface area contributed by atoms with Crippen molar-refractivity contribution in [2.75, 3.05) is 32.8 Å². The molecule has 166 valence electrons. The van der Waals surface area contributed by atoms with Crippen LogP contribution in [0, 0.1) is 10.1 Å². The van der Waals surface area contributed by atoms with Crippen LogP contribution >= 0.6 is 15.9 Å². The molecule has 3 aromatic rings. The topological polar surface area (TPSA) is 93.7 Å². The minimum atomic E-state index is -0.421. The molecule has 10 heteroatoms. The van der Waals surface area contributed by atoms with E-state index < -0.39 is 4.92 Å². The maximum atomic E-state index is 12.4. The van der Waals surface area contributed by atoms with E-state index in [4.69, 9.17) is 4.74 Å². The van der Waals surface area contributed by atoms with Gasteiger partial charge < -0.3 is 9.64 Å². The summed E-state index contributed by atoms with van der Waals surface area (Å²) in [7, 11) is 0. The van der Waals surface area contributed by atoms with Crippen LogP contribution in [0.4, 0.5) is 5.69 Å². The highest BCUT2D eigenvalue weighted by molar-refractivity contribution is 9.10. The lowest BCUT2D eigenvalue weighted by Crippen LogP contribution is -2.49. The second-order valence-electron chi connectivity index (χ2n) is 7.47. The number of hydrogen-bond acceptors (Lipinski definition) is 6. The zero-order valence-corrected chi connectivity index (χ0v) is 18.8. The van der Waals surface area contributed by atoms with Crippen LogP contribution in [0.3, 0.4) is 0 Å². The van der Waals surface area contributed by atoms with Gasteiger partial charge >= 0.3 is 0 Å². The van der Waals surface area contributed by atoms with Crippen molar-refractivity contribution in [1.29, 1.82) is 0 Å². The Bertz CT molecular complexity index is 1080. The van der Waals surface area contributed by atoms with Gasteiger partial charge in [0.2, 0.25) is 0 Å². The van der Waals surface area contributed by atoms with Crippen LogP contribution < -0.4 is 4.74 Å². The lowest BCUT2D eigenvalue weighted by Gasteiger charge is -2.34. The molecule has 0 saturated carbocycles. The van der Waals surface area contributed by atoms with Gasteiger partial charge in [-0.2, -0.15) is 5.10 Å². The first-order chi connectivity index (χ1) is 15.5. The van der Waals surface area contributed by atoms with Crippen LogP contribution in [0.5, 0.6) is 5.75 Å². The Morgan fingerprint density at radius 3 is 2.41 bits per heavy atom. The molecule has 1 aliphatic rings. The third-order valence-electron chi connectivity index (χ3n) is 5.27. The predicted octanol–water partition coefficient (Wildman–Crippen LogP) is 3.27. The quantitative estimate of drug-likeness (QED) is 0.365. The molecule has 0 N–H and O–H groups in total. The van der Waals surface area contributed by atoms with Crippen LogP contribution in [-0.2, 0) is 11.3 Å². The first-order valence-corrected chi connectivity index (χ1v) is 10.9. The number of nitrogens with zero attached hydrogens (tertiary/aromatic N) is 5. The monoisotopic (exact) mass is 499 g/mol. The number of hydrogen-bond donors (Lipinski definition) is 0. The molecule has 1 saturated heterocycles. The van der Waals surface area contributed by atoms with Crippen molar-refractivity contribution in [3.8, 4) is 11.4 Å². The molecule has 0 radical (unpaired) electrons. The van der Waals surface area contributed by atoms with Crippen LogP contribution in [0.25, 0.3) is 5.69 Å². The maximum absolute atomic E-state index is 12.4. The number of nitro benzene ring substituents is 1. The van der Waals surface area contributed by atoms with E-state index in [-0.39, 0.29) is 18.2 Å². The molecule has 0 unspecified atom stereocenters. The number of nitro groups is 1. The molecule has 1 aromatic heterocycles. The molecule has 2 aromatic carbocycles. The zero-order valence-electron chi connectivity index (χ0n) is 17.3. The number of halogens is 1. The molecule has 0 aliphatic carbocycles. The number of piperazine rings is 1. The molecular weight excluding hydrogens is 478 g/mol. The molecule has 0 spiro atoms. The molecule has 9 nitrogen and oxygen atoms in total. The Kier molecular flexibility index (Phi) is 6.81. The lowest BCUT2D eigenvalue weighted by atomic mass is 10.2. The van der Waals surface area contributed by atoms with Crippen molar-refractivity contribution in [3.05, 3.63) is 81.1 Å². The van der Waals surface area contributed by atoms with E-state index in [1.807, 2.05) is 35.4 Å². The SMILES string of the molecule is O=C(COc1ccc(Br)cc1)N1CCN(Cc2cnn(-c3ccc([N+](=O)[O-])cc3)c2)CC1. The standard InChI is InChI=1S/C22H22BrN5O4/c23-18-1-7-21(8-2-18)32-16-22(29)26-11-9-25(10-12-26)14-17-13-24-27(15-17)19-3-5-20(6-4-19)28(30)31/h1-8,13,15H,9-12,14,16H2. The lowest BCUT2D eigenvalue weighted by molar-refractivity contribution is -0.384. The van der Waals surface area contributed by atoms with E-state index in [9.17, 15) is 14.9 Å². The summed E-state index contributed by atoms with van der Waals surface area (Å²) in [6.45, 7) is 3.60. The number of carbonyl (C=O) groups excluding carboxylic acids is 1. The van der Waals surface area contributed by atoms with Crippen molar-refractivity contribution >= 4 is 27.5 Å². The fourth-order valence-electron chi connectivity index (χ4n) is 3.49. The summed E-state index contributed by atoms with van der Waals surface area (Å²) in [5, 5.41) is 15.2. The Hall–Kier alpha value is -3.24. The Balaban J connectivity index is 1.24. The molecule has 2 heterocycles. The number of rotatable bonds is 7. The number of ether oxygens (including phenoxy) is 1. The minimum Gasteiger partial charge on any atom is -0.484 e. The van der Waals surface area contributed by atoms with Gasteiger partial charge in [0.1, 0.15) is 5.75 Å².